The van der Waals surface area contributed by atoms with Crippen LogP contribution in [0.5, 0.6) is 0 Å². The quantitative estimate of drug-likeness (QED) is 0.0497. The molecule has 1 amide bonds. The van der Waals surface area contributed by atoms with Crippen molar-refractivity contribution in [3.05, 3.63) is 217 Å². The summed E-state index contributed by atoms with van der Waals surface area (Å²) in [5.74, 6) is 0. The predicted octanol–water partition coefficient (Wildman–Crippen LogP) is 10.7. The highest BCUT2D eigenvalue weighted by Gasteiger charge is 2.53. The molecule has 1 N–H and O–H groups in total. The molecule has 1 saturated heterocycles. The maximum Gasteiger partial charge on any atom is 0.408 e. The summed E-state index contributed by atoms with van der Waals surface area (Å²) in [6.07, 6.45) is -3.65. The van der Waals surface area contributed by atoms with Crippen LogP contribution in [0.15, 0.2) is 195 Å². The second-order valence-electron chi connectivity index (χ2n) is 19.9. The smallest absolute Gasteiger partial charge is 0.408 e. The summed E-state index contributed by atoms with van der Waals surface area (Å²) in [5, 5.41) is 4.91. The van der Waals surface area contributed by atoms with Crippen LogP contribution in [0.1, 0.15) is 63.8 Å². The molecule has 1 fully saturated rings. The lowest BCUT2D eigenvalue weighted by atomic mass is 9.97. The van der Waals surface area contributed by atoms with Crippen LogP contribution >= 0.6 is 0 Å². The van der Waals surface area contributed by atoms with Crippen molar-refractivity contribution in [3.8, 4) is 0 Å². The number of amides is 1. The zero-order valence-electron chi connectivity index (χ0n) is 42.1. The van der Waals surface area contributed by atoms with Gasteiger partial charge in [-0.1, -0.05) is 209 Å². The summed E-state index contributed by atoms with van der Waals surface area (Å²) in [5.41, 5.74) is 3.16. The molecule has 0 aliphatic carbocycles. The number of nitrogens with one attached hydrogen (secondary N) is 1. The van der Waals surface area contributed by atoms with E-state index in [-0.39, 0.29) is 38.1 Å². The monoisotopic (exact) mass is 977 g/mol. The Bertz CT molecular complexity index is 2430. The number of ether oxygens (including phenoxy) is 7. The third kappa shape index (κ3) is 14.9. The first-order chi connectivity index (χ1) is 34.3. The van der Waals surface area contributed by atoms with Crippen LogP contribution in [0.3, 0.4) is 0 Å². The maximum absolute atomic E-state index is 14.0. The van der Waals surface area contributed by atoms with Gasteiger partial charge in [0, 0.05) is 0 Å². The fourth-order valence-electron chi connectivity index (χ4n) is 8.95. The zero-order valence-corrected chi connectivity index (χ0v) is 43.1. The first-order valence-corrected chi connectivity index (χ1v) is 26.5. The van der Waals surface area contributed by atoms with Crippen molar-refractivity contribution in [2.75, 3.05) is 13.2 Å². The highest BCUT2D eigenvalue weighted by atomic mass is 28.4. The molecule has 6 aromatic carbocycles. The predicted molar refractivity (Wildman–Crippen MR) is 282 cm³/mol. The van der Waals surface area contributed by atoms with Crippen LogP contribution in [0.4, 0.5) is 4.79 Å². The van der Waals surface area contributed by atoms with E-state index < -0.39 is 62.9 Å². The molecule has 0 spiro atoms. The van der Waals surface area contributed by atoms with Crippen molar-refractivity contribution >= 4 is 24.8 Å². The Hall–Kier alpha value is -5.73. The number of alkyl carbamates (subject to hydrolysis) is 1. The molecule has 1 heterocycles. The topological polar surface area (TPSA) is 103 Å². The minimum absolute atomic E-state index is 0.0947. The first-order valence-electron chi connectivity index (χ1n) is 24.6. The van der Waals surface area contributed by atoms with E-state index in [1.54, 1.807) is 6.08 Å². The molecule has 0 radical (unpaired) electrons. The third-order valence-electron chi connectivity index (χ3n) is 12.3. The molecule has 10 nitrogen and oxygen atoms in total. The summed E-state index contributed by atoms with van der Waals surface area (Å²) in [4.78, 5) is 14.0. The van der Waals surface area contributed by atoms with E-state index in [2.05, 4.69) is 56.9 Å². The molecule has 11 heteroatoms. The number of rotatable bonds is 23. The molecule has 7 atom stereocenters. The minimum Gasteiger partial charge on any atom is -0.444 e. The van der Waals surface area contributed by atoms with Crippen LogP contribution in [0, 0.1) is 0 Å². The maximum atomic E-state index is 14.0. The van der Waals surface area contributed by atoms with Gasteiger partial charge in [0.2, 0.25) is 0 Å². The number of carbonyl (C=O) groups excluding carboxylic acids is 1. The van der Waals surface area contributed by atoms with E-state index in [0.29, 0.717) is 6.61 Å². The van der Waals surface area contributed by atoms with Gasteiger partial charge in [0.15, 0.2) is 6.29 Å². The van der Waals surface area contributed by atoms with Crippen molar-refractivity contribution in [1.29, 1.82) is 0 Å². The molecular formula is C60H71NO9Si. The van der Waals surface area contributed by atoms with Crippen molar-refractivity contribution in [2.24, 2.45) is 0 Å². The highest BCUT2D eigenvalue weighted by molar-refractivity contribution is 6.99. The van der Waals surface area contributed by atoms with E-state index in [1.807, 2.05) is 178 Å². The van der Waals surface area contributed by atoms with E-state index >= 15 is 0 Å². The Morgan fingerprint density at radius 3 is 1.41 bits per heavy atom. The number of hydrogen-bond donors (Lipinski definition) is 1. The molecular weight excluding hydrogens is 907 g/mol. The standard InChI is InChI=1S/C60H71NO9Si/c1-8-52(70-71(60(5,6)7,49-35-23-13-24-36-49)50-37-25-14-26-38-50)51(61-58(62)69-59(2,3)4)43-67-57-56(66-42-48-33-21-12-22-34-48)55(65-41-47-31-19-11-20-32-47)54(64-40-46-29-17-10-18-30-46)53(68-57)44-63-39-45-27-15-9-16-28-45/h8-38,51-57H,1,39-44H2,2-7H3,(H,61,62)/t51-,52+,53?,54-,55?,56-,57-/m0/s1. The Kier molecular flexibility index (Phi) is 19.1. The zero-order chi connectivity index (χ0) is 50.1. The normalized spacial score (nSPS) is 19.3. The molecule has 1 aliphatic rings. The fourth-order valence-corrected chi connectivity index (χ4v) is 13.6. The molecule has 1 aliphatic heterocycles. The molecule has 71 heavy (non-hydrogen) atoms. The van der Waals surface area contributed by atoms with Gasteiger partial charge < -0.3 is 42.9 Å². The van der Waals surface area contributed by atoms with Gasteiger partial charge >= 0.3 is 6.09 Å². The van der Waals surface area contributed by atoms with Gasteiger partial charge in [0.05, 0.1) is 51.8 Å². The average Bonchev–Trinajstić information content (AvgIpc) is 3.37. The summed E-state index contributed by atoms with van der Waals surface area (Å²) in [6, 6.07) is 59.9. The van der Waals surface area contributed by atoms with E-state index in [4.69, 9.17) is 37.6 Å². The van der Waals surface area contributed by atoms with Crippen LogP contribution < -0.4 is 15.7 Å². The van der Waals surface area contributed by atoms with Crippen LogP contribution in [-0.2, 0) is 64.0 Å². The summed E-state index contributed by atoms with van der Waals surface area (Å²) in [6.45, 7) is 17.6. The molecule has 0 bridgehead atoms. The van der Waals surface area contributed by atoms with E-state index in [0.717, 1.165) is 32.6 Å². The summed E-state index contributed by atoms with van der Waals surface area (Å²) in [7, 11) is -3.21. The lowest BCUT2D eigenvalue weighted by Crippen LogP contribution is -2.69. The van der Waals surface area contributed by atoms with Crippen molar-refractivity contribution in [1.82, 2.24) is 5.32 Å². The van der Waals surface area contributed by atoms with Gasteiger partial charge in [0.1, 0.15) is 30.0 Å². The lowest BCUT2D eigenvalue weighted by Gasteiger charge is -2.47. The van der Waals surface area contributed by atoms with Gasteiger partial charge in [-0.25, -0.2) is 4.79 Å². The third-order valence-corrected chi connectivity index (χ3v) is 17.4. The molecule has 0 saturated carbocycles. The SMILES string of the molecule is C=C[C@@H](O[Si](c1ccccc1)(c1ccccc1)C(C)(C)C)[C@H](CO[C@H]1OC(COCc2ccccc2)[C@H](OCc2ccccc2)C(OCc2ccccc2)[C@@H]1OCc1ccccc1)NC(=O)OC(C)(C)C. The highest BCUT2D eigenvalue weighted by Crippen LogP contribution is 2.38. The minimum atomic E-state index is -3.21. The van der Waals surface area contributed by atoms with Crippen LogP contribution in [0.2, 0.25) is 5.04 Å². The Morgan fingerprint density at radius 1 is 0.577 bits per heavy atom. The first kappa shape index (κ1) is 53.1. The van der Waals surface area contributed by atoms with Gasteiger partial charge in [-0.2, -0.15) is 0 Å². The average molecular weight is 978 g/mol. The summed E-state index contributed by atoms with van der Waals surface area (Å²) < 4.78 is 55.0. The molecule has 6 aromatic rings. The van der Waals surface area contributed by atoms with Crippen molar-refractivity contribution < 1.29 is 42.4 Å². The Balaban J connectivity index is 1.28. The number of hydrogen-bond acceptors (Lipinski definition) is 9. The van der Waals surface area contributed by atoms with Gasteiger partial charge in [0.25, 0.3) is 8.32 Å². The van der Waals surface area contributed by atoms with Gasteiger partial charge in [-0.05, 0) is 58.4 Å². The summed E-state index contributed by atoms with van der Waals surface area (Å²) >= 11 is 0. The number of benzene rings is 6. The van der Waals surface area contributed by atoms with Gasteiger partial charge in [-0.3, -0.25) is 0 Å². The van der Waals surface area contributed by atoms with E-state index in [9.17, 15) is 4.79 Å². The Labute approximate surface area is 422 Å². The van der Waals surface area contributed by atoms with Crippen molar-refractivity contribution in [3.63, 3.8) is 0 Å². The molecule has 374 valence electrons. The van der Waals surface area contributed by atoms with E-state index in [1.165, 1.54) is 0 Å². The fraction of sp³-hybridized carbons (Fsp3) is 0.350. The molecule has 0 aromatic heterocycles. The second-order valence-corrected chi connectivity index (χ2v) is 24.1. The Morgan fingerprint density at radius 2 is 0.986 bits per heavy atom. The molecule has 7 rings (SSSR count). The molecule has 2 unspecified atom stereocenters. The van der Waals surface area contributed by atoms with Crippen LogP contribution in [0.25, 0.3) is 0 Å². The van der Waals surface area contributed by atoms with Gasteiger partial charge in [-0.15, -0.1) is 6.58 Å². The second kappa shape index (κ2) is 25.6. The largest absolute Gasteiger partial charge is 0.444 e. The lowest BCUT2D eigenvalue weighted by molar-refractivity contribution is -0.329. The van der Waals surface area contributed by atoms with Crippen molar-refractivity contribution in [2.45, 2.75) is 121 Å². The van der Waals surface area contributed by atoms with Crippen LogP contribution in [-0.4, -0.2) is 76.1 Å². The number of carbonyl (C=O) groups is 1.